The van der Waals surface area contributed by atoms with Crippen LogP contribution in [-0.2, 0) is 13.6 Å². The monoisotopic (exact) mass is 448 g/mol. The molecule has 0 spiro atoms. The fraction of sp³-hybridized carbons (Fsp3) is 0.824. The second-order valence-electron chi connectivity index (χ2n) is 6.82. The van der Waals surface area contributed by atoms with Gasteiger partial charge in [-0.25, -0.2) is 4.98 Å². The van der Waals surface area contributed by atoms with Crippen LogP contribution in [0.1, 0.15) is 51.8 Å². The van der Waals surface area contributed by atoms with Crippen LogP contribution in [0.5, 0.6) is 0 Å². The average Bonchev–Trinajstić information content (AvgIpc) is 2.91. The van der Waals surface area contributed by atoms with Gasteiger partial charge in [-0.3, -0.25) is 9.67 Å². The third-order valence-electron chi connectivity index (χ3n) is 4.72. The second kappa shape index (κ2) is 10.9. The number of hydrogen-bond donors (Lipinski definition) is 1. The second-order valence-corrected chi connectivity index (χ2v) is 6.82. The smallest absolute Gasteiger partial charge is 0.194 e. The van der Waals surface area contributed by atoms with Gasteiger partial charge in [0, 0.05) is 27.2 Å². The number of aromatic nitrogens is 3. The Bertz CT molecular complexity index is 501. The highest BCUT2D eigenvalue weighted by molar-refractivity contribution is 14.0. The number of aliphatic imine (C=N–C) groups is 1. The van der Waals surface area contributed by atoms with Crippen LogP contribution < -0.4 is 5.32 Å². The summed E-state index contributed by atoms with van der Waals surface area (Å²) in [6.45, 7) is 6.98. The van der Waals surface area contributed by atoms with E-state index in [1.54, 1.807) is 6.33 Å². The lowest BCUT2D eigenvalue weighted by molar-refractivity contribution is 0.272. The van der Waals surface area contributed by atoms with Crippen molar-refractivity contribution in [3.05, 3.63) is 12.2 Å². The maximum absolute atomic E-state index is 4.82. The van der Waals surface area contributed by atoms with Crippen LogP contribution in [0, 0.1) is 11.8 Å². The van der Waals surface area contributed by atoms with Gasteiger partial charge in [0.25, 0.3) is 0 Å². The molecular formula is C17H33IN6. The molecule has 1 heterocycles. The number of halogens is 1. The number of hydrogen-bond acceptors (Lipinski definition) is 3. The molecule has 7 heteroatoms. The molecule has 0 amide bonds. The van der Waals surface area contributed by atoms with Gasteiger partial charge in [0.05, 0.1) is 6.54 Å². The van der Waals surface area contributed by atoms with Crippen LogP contribution in [0.4, 0.5) is 0 Å². The standard InChI is InChI=1S/C17H32N6.HI/c1-5-18-17(22(3)12-16-20-13-21-23(16)4)19-10-9-15-8-6-7-14(2)11-15;/h13-15H,5-12H2,1-4H3,(H,18,19);1H. The summed E-state index contributed by atoms with van der Waals surface area (Å²) >= 11 is 0. The van der Waals surface area contributed by atoms with Crippen molar-refractivity contribution in [3.63, 3.8) is 0 Å². The molecule has 0 saturated heterocycles. The number of nitrogens with zero attached hydrogens (tertiary/aromatic N) is 5. The summed E-state index contributed by atoms with van der Waals surface area (Å²) in [5.74, 6) is 3.65. The summed E-state index contributed by atoms with van der Waals surface area (Å²) in [6.07, 6.45) is 8.35. The largest absolute Gasteiger partial charge is 0.357 e. The van der Waals surface area contributed by atoms with Crippen LogP contribution in [-0.4, -0.2) is 45.8 Å². The number of rotatable bonds is 6. The molecule has 2 rings (SSSR count). The van der Waals surface area contributed by atoms with Crippen molar-refractivity contribution < 1.29 is 0 Å². The molecule has 0 bridgehead atoms. The molecule has 0 aliphatic heterocycles. The minimum absolute atomic E-state index is 0. The van der Waals surface area contributed by atoms with Gasteiger partial charge in [-0.15, -0.1) is 24.0 Å². The fourth-order valence-corrected chi connectivity index (χ4v) is 3.39. The van der Waals surface area contributed by atoms with E-state index in [0.29, 0.717) is 6.54 Å². The first kappa shape index (κ1) is 21.2. The van der Waals surface area contributed by atoms with E-state index in [4.69, 9.17) is 4.99 Å². The number of guanidine groups is 1. The zero-order valence-electron chi connectivity index (χ0n) is 15.5. The summed E-state index contributed by atoms with van der Waals surface area (Å²) in [7, 11) is 3.98. The quantitative estimate of drug-likeness (QED) is 0.413. The van der Waals surface area contributed by atoms with Crippen molar-refractivity contribution in [2.24, 2.45) is 23.9 Å². The van der Waals surface area contributed by atoms with E-state index < -0.39 is 0 Å². The van der Waals surface area contributed by atoms with E-state index in [-0.39, 0.29) is 24.0 Å². The molecule has 1 saturated carbocycles. The topological polar surface area (TPSA) is 58.3 Å². The number of aryl methyl sites for hydroxylation is 1. The van der Waals surface area contributed by atoms with Gasteiger partial charge in [-0.05, 0) is 31.6 Å². The maximum atomic E-state index is 4.82. The summed E-state index contributed by atoms with van der Waals surface area (Å²) < 4.78 is 1.81. The minimum atomic E-state index is 0. The first-order valence-corrected chi connectivity index (χ1v) is 8.92. The fourth-order valence-electron chi connectivity index (χ4n) is 3.39. The van der Waals surface area contributed by atoms with Gasteiger partial charge >= 0.3 is 0 Å². The Balaban J connectivity index is 0.00000288. The van der Waals surface area contributed by atoms with E-state index in [9.17, 15) is 0 Å². The Labute approximate surface area is 163 Å². The average molecular weight is 448 g/mol. The predicted molar refractivity (Wildman–Crippen MR) is 110 cm³/mol. The van der Waals surface area contributed by atoms with Crippen molar-refractivity contribution in [3.8, 4) is 0 Å². The van der Waals surface area contributed by atoms with Crippen LogP contribution in [0.2, 0.25) is 0 Å². The Kier molecular flexibility index (Phi) is 9.61. The van der Waals surface area contributed by atoms with Crippen LogP contribution >= 0.6 is 24.0 Å². The van der Waals surface area contributed by atoms with Crippen LogP contribution in [0.3, 0.4) is 0 Å². The Morgan fingerprint density at radius 3 is 2.88 bits per heavy atom. The minimum Gasteiger partial charge on any atom is -0.357 e. The maximum Gasteiger partial charge on any atom is 0.194 e. The van der Waals surface area contributed by atoms with E-state index in [1.165, 1.54) is 32.1 Å². The van der Waals surface area contributed by atoms with Crippen molar-refractivity contribution in [1.82, 2.24) is 25.0 Å². The van der Waals surface area contributed by atoms with Gasteiger partial charge in [0.15, 0.2) is 5.96 Å². The molecule has 1 N–H and O–H groups in total. The zero-order chi connectivity index (χ0) is 16.7. The molecule has 24 heavy (non-hydrogen) atoms. The van der Waals surface area contributed by atoms with Crippen molar-refractivity contribution >= 4 is 29.9 Å². The summed E-state index contributed by atoms with van der Waals surface area (Å²) in [5.41, 5.74) is 0. The first-order chi connectivity index (χ1) is 11.1. The molecule has 1 fully saturated rings. The molecule has 1 aromatic rings. The van der Waals surface area contributed by atoms with E-state index in [2.05, 4.69) is 41.2 Å². The molecular weight excluding hydrogens is 415 g/mol. The SMILES string of the molecule is CCNC(=NCCC1CCCC(C)C1)N(C)Cc1ncnn1C.I. The molecule has 1 aliphatic rings. The molecule has 2 atom stereocenters. The summed E-state index contributed by atoms with van der Waals surface area (Å²) in [5, 5.41) is 7.50. The normalized spacial score (nSPS) is 21.2. The van der Waals surface area contributed by atoms with Gasteiger partial charge < -0.3 is 10.2 Å². The first-order valence-electron chi connectivity index (χ1n) is 8.92. The third kappa shape index (κ3) is 6.57. The third-order valence-corrected chi connectivity index (χ3v) is 4.72. The molecule has 1 aliphatic carbocycles. The lowest BCUT2D eigenvalue weighted by Crippen LogP contribution is -2.39. The Morgan fingerprint density at radius 1 is 1.46 bits per heavy atom. The van der Waals surface area contributed by atoms with Gasteiger partial charge in [-0.2, -0.15) is 5.10 Å². The van der Waals surface area contributed by atoms with Crippen LogP contribution in [0.15, 0.2) is 11.3 Å². The van der Waals surface area contributed by atoms with E-state index in [0.717, 1.165) is 36.7 Å². The lowest BCUT2D eigenvalue weighted by Gasteiger charge is -2.26. The predicted octanol–water partition coefficient (Wildman–Crippen LogP) is 3.05. The summed E-state index contributed by atoms with van der Waals surface area (Å²) in [6, 6.07) is 0. The van der Waals surface area contributed by atoms with E-state index in [1.807, 2.05) is 11.7 Å². The van der Waals surface area contributed by atoms with Crippen LogP contribution in [0.25, 0.3) is 0 Å². The Morgan fingerprint density at radius 2 is 2.25 bits per heavy atom. The molecule has 0 radical (unpaired) electrons. The molecule has 2 unspecified atom stereocenters. The Hall–Kier alpha value is -0.860. The highest BCUT2D eigenvalue weighted by atomic mass is 127. The number of nitrogens with one attached hydrogen (secondary N) is 1. The van der Waals surface area contributed by atoms with Gasteiger partial charge in [0.2, 0.25) is 0 Å². The van der Waals surface area contributed by atoms with E-state index >= 15 is 0 Å². The van der Waals surface area contributed by atoms with Gasteiger partial charge in [0.1, 0.15) is 12.2 Å². The van der Waals surface area contributed by atoms with Crippen molar-refractivity contribution in [2.45, 2.75) is 52.5 Å². The van der Waals surface area contributed by atoms with Gasteiger partial charge in [-0.1, -0.05) is 26.2 Å². The lowest BCUT2D eigenvalue weighted by atomic mass is 9.81. The summed E-state index contributed by atoms with van der Waals surface area (Å²) in [4.78, 5) is 11.2. The molecule has 0 aromatic carbocycles. The molecule has 138 valence electrons. The molecule has 1 aromatic heterocycles. The highest BCUT2D eigenvalue weighted by Crippen LogP contribution is 2.30. The zero-order valence-corrected chi connectivity index (χ0v) is 17.9. The molecule has 6 nitrogen and oxygen atoms in total. The highest BCUT2D eigenvalue weighted by Gasteiger charge is 2.18. The van der Waals surface area contributed by atoms with Crippen molar-refractivity contribution in [2.75, 3.05) is 20.1 Å². The van der Waals surface area contributed by atoms with Crippen molar-refractivity contribution in [1.29, 1.82) is 0 Å².